The number of nitrogens with two attached hydrogens (primary N) is 1. The Morgan fingerprint density at radius 1 is 1.19 bits per heavy atom. The Morgan fingerprint density at radius 2 is 1.86 bits per heavy atom. The molecule has 1 saturated heterocycles. The van der Waals surface area contributed by atoms with Crippen LogP contribution in [0, 0.1) is 23.4 Å². The van der Waals surface area contributed by atoms with Crippen LogP contribution in [0.4, 0.5) is 13.2 Å². The zero-order valence-electron chi connectivity index (χ0n) is 20.3. The van der Waals surface area contributed by atoms with Crippen LogP contribution in [0.15, 0.2) is 46.6 Å². The van der Waals surface area contributed by atoms with E-state index >= 15 is 0 Å². The zero-order chi connectivity index (χ0) is 26.9. The molecule has 2 aliphatic heterocycles. The predicted molar refractivity (Wildman–Crippen MR) is 133 cm³/mol. The third-order valence-corrected chi connectivity index (χ3v) is 6.94. The molecule has 2 aromatic rings. The molecule has 0 radical (unpaired) electrons. The minimum absolute atomic E-state index is 0.00626. The smallest absolute Gasteiger partial charge is 0.256 e. The fraction of sp³-hybridized carbons (Fsp3) is 0.346. The van der Waals surface area contributed by atoms with E-state index < -0.39 is 29.4 Å². The molecule has 2 unspecified atom stereocenters. The maximum absolute atomic E-state index is 14.5. The van der Waals surface area contributed by atoms with Crippen molar-refractivity contribution in [3.8, 4) is 5.75 Å². The van der Waals surface area contributed by atoms with Crippen molar-refractivity contribution in [2.75, 3.05) is 26.7 Å². The summed E-state index contributed by atoms with van der Waals surface area (Å²) in [6.07, 6.45) is 0.551. The number of aliphatic imine (C=N–C) groups is 1. The number of carbonyl (C=O) groups excluding carboxylic acids is 2. The first-order valence-electron chi connectivity index (χ1n) is 11.7. The Hall–Kier alpha value is -3.53. The van der Waals surface area contributed by atoms with Gasteiger partial charge in [0.2, 0.25) is 5.91 Å². The monoisotopic (exact) mass is 534 g/mol. The quantitative estimate of drug-likeness (QED) is 0.550. The molecule has 4 rings (SSSR count). The highest BCUT2D eigenvalue weighted by molar-refractivity contribution is 6.35. The van der Waals surface area contributed by atoms with Gasteiger partial charge in [-0.3, -0.25) is 14.6 Å². The first-order chi connectivity index (χ1) is 17.6. The molecule has 7 nitrogen and oxygen atoms in total. The van der Waals surface area contributed by atoms with Crippen LogP contribution >= 0.6 is 11.6 Å². The molecule has 0 aromatic heterocycles. The average Bonchev–Trinajstić information content (AvgIpc) is 3.26. The van der Waals surface area contributed by atoms with E-state index in [1.54, 1.807) is 6.92 Å². The number of hydrogen-bond donors (Lipinski definition) is 2. The molecule has 11 heteroatoms. The largest absolute Gasteiger partial charge is 0.492 e. The van der Waals surface area contributed by atoms with E-state index in [9.17, 15) is 22.8 Å². The minimum Gasteiger partial charge on any atom is -0.492 e. The highest BCUT2D eigenvalue weighted by Crippen LogP contribution is 2.33. The molecule has 0 aliphatic carbocycles. The van der Waals surface area contributed by atoms with E-state index in [1.165, 1.54) is 24.1 Å². The van der Waals surface area contributed by atoms with Crippen LogP contribution in [0.3, 0.4) is 0 Å². The Balaban J connectivity index is 1.57. The van der Waals surface area contributed by atoms with Crippen LogP contribution in [0.1, 0.15) is 35.7 Å². The first-order valence-corrected chi connectivity index (χ1v) is 12.1. The van der Waals surface area contributed by atoms with Crippen LogP contribution in [-0.2, 0) is 4.79 Å². The number of benzene rings is 2. The average molecular weight is 535 g/mol. The van der Waals surface area contributed by atoms with E-state index in [4.69, 9.17) is 22.1 Å². The number of hydrogen-bond acceptors (Lipinski definition) is 5. The summed E-state index contributed by atoms with van der Waals surface area (Å²) in [6, 6.07) is 4.60. The molecule has 1 fully saturated rings. The first kappa shape index (κ1) is 26.5. The van der Waals surface area contributed by atoms with Gasteiger partial charge in [0, 0.05) is 61.4 Å². The summed E-state index contributed by atoms with van der Waals surface area (Å²) >= 11 is 6.45. The molecular weight excluding hydrogens is 509 g/mol. The Labute approximate surface area is 217 Å². The van der Waals surface area contributed by atoms with Crippen molar-refractivity contribution in [2.45, 2.75) is 25.8 Å². The second kappa shape index (κ2) is 10.8. The zero-order valence-corrected chi connectivity index (χ0v) is 21.0. The molecule has 0 spiro atoms. The third kappa shape index (κ3) is 5.58. The number of nitrogens with zero attached hydrogens (tertiary/aromatic N) is 2. The maximum atomic E-state index is 14.5. The fourth-order valence-corrected chi connectivity index (χ4v) is 4.87. The second-order valence-electron chi connectivity index (χ2n) is 9.04. The summed E-state index contributed by atoms with van der Waals surface area (Å²) in [4.78, 5) is 30.5. The van der Waals surface area contributed by atoms with E-state index in [1.807, 2.05) is 0 Å². The molecule has 2 aromatic carbocycles. The lowest BCUT2D eigenvalue weighted by molar-refractivity contribution is -0.119. The predicted octanol–water partition coefficient (Wildman–Crippen LogP) is 3.84. The lowest BCUT2D eigenvalue weighted by Gasteiger charge is -2.36. The molecule has 196 valence electrons. The van der Waals surface area contributed by atoms with Gasteiger partial charge in [0.05, 0.1) is 28.9 Å². The number of ether oxygens (including phenoxy) is 1. The van der Waals surface area contributed by atoms with Crippen LogP contribution in [0.5, 0.6) is 5.75 Å². The van der Waals surface area contributed by atoms with E-state index in [0.29, 0.717) is 29.9 Å². The number of amides is 2. The molecular formula is C26H26ClF3N4O3. The van der Waals surface area contributed by atoms with E-state index in [-0.39, 0.29) is 53.3 Å². The molecule has 0 bridgehead atoms. The van der Waals surface area contributed by atoms with Crippen LogP contribution in [-0.4, -0.2) is 55.2 Å². The van der Waals surface area contributed by atoms with Gasteiger partial charge in [0.15, 0.2) is 0 Å². The van der Waals surface area contributed by atoms with Gasteiger partial charge in [-0.2, -0.15) is 0 Å². The van der Waals surface area contributed by atoms with Gasteiger partial charge in [-0.15, -0.1) is 0 Å². The summed E-state index contributed by atoms with van der Waals surface area (Å²) in [7, 11) is 1.49. The SMILES string of the molecule is CN=C(C1=C(N)C(C)N(C(=O)c2cc(F)cc(OCC3CNC(=O)C3)c2Cl)CC1)c1cc(F)cc(F)c1. The highest BCUT2D eigenvalue weighted by Gasteiger charge is 2.33. The highest BCUT2D eigenvalue weighted by atomic mass is 35.5. The summed E-state index contributed by atoms with van der Waals surface area (Å²) in [6.45, 7) is 2.46. The fourth-order valence-electron chi connectivity index (χ4n) is 4.62. The molecule has 2 heterocycles. The van der Waals surface area contributed by atoms with Crippen LogP contribution < -0.4 is 15.8 Å². The van der Waals surface area contributed by atoms with Gasteiger partial charge in [-0.05, 0) is 31.5 Å². The second-order valence-corrected chi connectivity index (χ2v) is 9.42. The molecule has 37 heavy (non-hydrogen) atoms. The van der Waals surface area contributed by atoms with E-state index in [0.717, 1.165) is 18.2 Å². The molecule has 2 atom stereocenters. The molecule has 2 amide bonds. The van der Waals surface area contributed by atoms with Crippen molar-refractivity contribution in [3.05, 3.63) is 75.2 Å². The lowest BCUT2D eigenvalue weighted by Crippen LogP contribution is -2.46. The summed E-state index contributed by atoms with van der Waals surface area (Å²) in [5.41, 5.74) is 7.74. The number of carbonyl (C=O) groups is 2. The van der Waals surface area contributed by atoms with Crippen molar-refractivity contribution < 1.29 is 27.5 Å². The van der Waals surface area contributed by atoms with Crippen molar-refractivity contribution in [1.82, 2.24) is 10.2 Å². The van der Waals surface area contributed by atoms with Crippen LogP contribution in [0.25, 0.3) is 0 Å². The van der Waals surface area contributed by atoms with Gasteiger partial charge in [0.1, 0.15) is 23.2 Å². The molecule has 0 saturated carbocycles. The maximum Gasteiger partial charge on any atom is 0.256 e. The van der Waals surface area contributed by atoms with Gasteiger partial charge in [0.25, 0.3) is 5.91 Å². The standard InChI is InChI=1S/C26H26ClF3N4O3/c1-13-24(31)19(25(32-2)15-6-16(28)8-17(29)7-15)3-4-34(13)26(36)20-9-18(30)10-21(23(20)27)37-12-14-5-22(35)33-11-14/h6-10,13-14H,3-5,11-12,31H2,1-2H3,(H,33,35). The van der Waals surface area contributed by atoms with Gasteiger partial charge in [-0.25, -0.2) is 13.2 Å². The Morgan fingerprint density at radius 3 is 2.49 bits per heavy atom. The topological polar surface area (TPSA) is 97.0 Å². The number of nitrogens with one attached hydrogen (secondary N) is 1. The number of rotatable bonds is 6. The third-order valence-electron chi connectivity index (χ3n) is 6.55. The Bertz CT molecular complexity index is 1290. The van der Waals surface area contributed by atoms with Gasteiger partial charge < -0.3 is 20.7 Å². The van der Waals surface area contributed by atoms with Gasteiger partial charge in [-0.1, -0.05) is 11.6 Å². The normalized spacial score (nSPS) is 20.3. The van der Waals surface area contributed by atoms with Crippen LogP contribution in [0.2, 0.25) is 5.02 Å². The lowest BCUT2D eigenvalue weighted by atomic mass is 9.91. The number of halogens is 4. The van der Waals surface area contributed by atoms with Gasteiger partial charge >= 0.3 is 0 Å². The Kier molecular flexibility index (Phi) is 7.77. The minimum atomic E-state index is -0.745. The summed E-state index contributed by atoms with van der Waals surface area (Å²) in [5.74, 6) is -2.91. The van der Waals surface area contributed by atoms with Crippen molar-refractivity contribution in [2.24, 2.45) is 16.6 Å². The summed E-state index contributed by atoms with van der Waals surface area (Å²) < 4.78 is 47.7. The molecule has 2 aliphatic rings. The van der Waals surface area contributed by atoms with Crippen molar-refractivity contribution in [3.63, 3.8) is 0 Å². The molecule has 3 N–H and O–H groups in total. The van der Waals surface area contributed by atoms with E-state index in [2.05, 4.69) is 10.3 Å². The summed E-state index contributed by atoms with van der Waals surface area (Å²) in [5, 5.41) is 2.65. The van der Waals surface area contributed by atoms with Crippen molar-refractivity contribution >= 4 is 29.1 Å². The van der Waals surface area contributed by atoms with Crippen molar-refractivity contribution in [1.29, 1.82) is 0 Å².